The van der Waals surface area contributed by atoms with E-state index in [0.717, 1.165) is 9.35 Å². The third kappa shape index (κ3) is 5.29. The van der Waals surface area contributed by atoms with Crippen molar-refractivity contribution < 1.29 is 18.3 Å². The first-order valence-corrected chi connectivity index (χ1v) is 6.21. The van der Waals surface area contributed by atoms with Crippen molar-refractivity contribution in [1.82, 2.24) is 4.90 Å². The average molecular weight is 318 g/mol. The van der Waals surface area contributed by atoms with Gasteiger partial charge in [-0.25, -0.2) is 0 Å². The highest BCUT2D eigenvalue weighted by molar-refractivity contribution is 9.11. The molecular weight excluding hydrogens is 307 g/mol. The van der Waals surface area contributed by atoms with Gasteiger partial charge < -0.3 is 5.11 Å². The van der Waals surface area contributed by atoms with Crippen molar-refractivity contribution in [2.45, 2.75) is 12.7 Å². The predicted molar refractivity (Wildman–Crippen MR) is 60.4 cm³/mol. The van der Waals surface area contributed by atoms with Gasteiger partial charge in [-0.1, -0.05) is 0 Å². The van der Waals surface area contributed by atoms with Gasteiger partial charge in [0.1, 0.15) is 0 Å². The second-order valence-electron chi connectivity index (χ2n) is 3.31. The predicted octanol–water partition coefficient (Wildman–Crippen LogP) is 2.87. The average Bonchev–Trinajstić information content (AvgIpc) is 2.48. The van der Waals surface area contributed by atoms with Gasteiger partial charge >= 0.3 is 6.18 Å². The number of hydrogen-bond acceptors (Lipinski definition) is 3. The van der Waals surface area contributed by atoms with Gasteiger partial charge in [-0.3, -0.25) is 4.90 Å². The van der Waals surface area contributed by atoms with Crippen LogP contribution in [0.4, 0.5) is 13.2 Å². The van der Waals surface area contributed by atoms with Gasteiger partial charge in [-0.15, -0.1) is 11.3 Å². The van der Waals surface area contributed by atoms with Crippen LogP contribution in [-0.4, -0.2) is 35.9 Å². The maximum atomic E-state index is 12.2. The number of rotatable bonds is 5. The molecule has 1 N–H and O–H groups in total. The van der Waals surface area contributed by atoms with E-state index in [4.69, 9.17) is 5.11 Å². The monoisotopic (exact) mass is 317 g/mol. The molecule has 0 aromatic carbocycles. The number of alkyl halides is 3. The molecule has 0 atom stereocenters. The Morgan fingerprint density at radius 3 is 2.56 bits per heavy atom. The van der Waals surface area contributed by atoms with Crippen LogP contribution in [0.2, 0.25) is 0 Å². The van der Waals surface area contributed by atoms with Gasteiger partial charge in [-0.2, -0.15) is 13.2 Å². The van der Waals surface area contributed by atoms with Crippen LogP contribution in [-0.2, 0) is 6.54 Å². The first kappa shape index (κ1) is 14.0. The van der Waals surface area contributed by atoms with Crippen LogP contribution < -0.4 is 0 Å². The molecule has 1 heterocycles. The van der Waals surface area contributed by atoms with Crippen LogP contribution >= 0.6 is 27.3 Å². The van der Waals surface area contributed by atoms with Crippen LogP contribution in [0.5, 0.6) is 0 Å². The van der Waals surface area contributed by atoms with Crippen LogP contribution in [0, 0.1) is 0 Å². The summed E-state index contributed by atoms with van der Waals surface area (Å²) in [7, 11) is 0. The Labute approximate surface area is 104 Å². The first-order valence-electron chi connectivity index (χ1n) is 4.53. The summed E-state index contributed by atoms with van der Waals surface area (Å²) in [5, 5.41) is 10.5. The summed E-state index contributed by atoms with van der Waals surface area (Å²) in [4.78, 5) is 1.18. The zero-order valence-corrected chi connectivity index (χ0v) is 10.7. The molecule has 7 heteroatoms. The standard InChI is InChI=1S/C9H11BrF3NOS/c10-8-3-7(5-16-8)4-14(1-2-15)6-9(11,12)13/h3,5,15H,1-2,4,6H2. The Morgan fingerprint density at radius 2 is 2.12 bits per heavy atom. The van der Waals surface area contributed by atoms with Gasteiger partial charge in [-0.05, 0) is 32.9 Å². The van der Waals surface area contributed by atoms with Crippen molar-refractivity contribution in [3.63, 3.8) is 0 Å². The highest BCUT2D eigenvalue weighted by atomic mass is 79.9. The quantitative estimate of drug-likeness (QED) is 0.902. The lowest BCUT2D eigenvalue weighted by Crippen LogP contribution is -2.35. The highest BCUT2D eigenvalue weighted by Crippen LogP contribution is 2.23. The summed E-state index contributed by atoms with van der Waals surface area (Å²) in [6, 6.07) is 1.78. The second kappa shape index (κ2) is 6.00. The molecule has 0 fully saturated rings. The molecule has 0 bridgehead atoms. The van der Waals surface area contributed by atoms with E-state index < -0.39 is 12.7 Å². The molecule has 0 amide bonds. The lowest BCUT2D eigenvalue weighted by Gasteiger charge is -2.22. The van der Waals surface area contributed by atoms with E-state index in [1.54, 1.807) is 11.4 Å². The smallest absolute Gasteiger partial charge is 0.395 e. The zero-order valence-electron chi connectivity index (χ0n) is 8.30. The van der Waals surface area contributed by atoms with Crippen LogP contribution in [0.25, 0.3) is 0 Å². The van der Waals surface area contributed by atoms with E-state index >= 15 is 0 Å². The van der Waals surface area contributed by atoms with Crippen molar-refractivity contribution in [3.8, 4) is 0 Å². The molecule has 0 aliphatic carbocycles. The summed E-state index contributed by atoms with van der Waals surface area (Å²) < 4.78 is 37.5. The molecule has 0 spiro atoms. The fourth-order valence-corrected chi connectivity index (χ4v) is 2.50. The molecule has 1 rings (SSSR count). The minimum absolute atomic E-state index is 0.0208. The number of nitrogens with zero attached hydrogens (tertiary/aromatic N) is 1. The van der Waals surface area contributed by atoms with E-state index in [1.165, 1.54) is 16.2 Å². The number of aliphatic hydroxyl groups excluding tert-OH is 1. The van der Waals surface area contributed by atoms with E-state index in [-0.39, 0.29) is 19.7 Å². The first-order chi connectivity index (χ1) is 7.40. The SMILES string of the molecule is OCCN(Cc1csc(Br)c1)CC(F)(F)F. The molecule has 0 aliphatic rings. The molecule has 1 aromatic heterocycles. The fraction of sp³-hybridized carbons (Fsp3) is 0.556. The van der Waals surface area contributed by atoms with E-state index in [1.807, 2.05) is 0 Å². The Balaban J connectivity index is 2.57. The van der Waals surface area contributed by atoms with E-state index in [0.29, 0.717) is 0 Å². The minimum atomic E-state index is -4.23. The summed E-state index contributed by atoms with van der Waals surface area (Å²) in [5.41, 5.74) is 0.814. The van der Waals surface area contributed by atoms with Crippen molar-refractivity contribution in [1.29, 1.82) is 0 Å². The van der Waals surface area contributed by atoms with Crippen LogP contribution in [0.1, 0.15) is 5.56 Å². The minimum Gasteiger partial charge on any atom is -0.395 e. The number of hydrogen-bond donors (Lipinski definition) is 1. The molecule has 0 radical (unpaired) electrons. The Morgan fingerprint density at radius 1 is 1.44 bits per heavy atom. The molecule has 2 nitrogen and oxygen atoms in total. The lowest BCUT2D eigenvalue weighted by atomic mass is 10.3. The van der Waals surface area contributed by atoms with Crippen molar-refractivity contribution >= 4 is 27.3 Å². The summed E-state index contributed by atoms with van der Waals surface area (Å²) in [5.74, 6) is 0. The van der Waals surface area contributed by atoms with E-state index in [2.05, 4.69) is 15.9 Å². The Bertz CT molecular complexity index is 329. The van der Waals surface area contributed by atoms with Crippen LogP contribution in [0.3, 0.4) is 0 Å². The topological polar surface area (TPSA) is 23.5 Å². The molecule has 16 heavy (non-hydrogen) atoms. The summed E-state index contributed by atoms with van der Waals surface area (Å²) >= 11 is 4.68. The lowest BCUT2D eigenvalue weighted by molar-refractivity contribution is -0.147. The Hall–Kier alpha value is -0.110. The molecule has 1 aromatic rings. The fourth-order valence-electron chi connectivity index (χ4n) is 1.30. The summed E-state index contributed by atoms with van der Waals surface area (Å²) in [6.45, 7) is -1.06. The van der Waals surface area contributed by atoms with E-state index in [9.17, 15) is 13.2 Å². The van der Waals surface area contributed by atoms with Gasteiger partial charge in [0.05, 0.1) is 16.9 Å². The van der Waals surface area contributed by atoms with Crippen molar-refractivity contribution in [3.05, 3.63) is 20.8 Å². The van der Waals surface area contributed by atoms with Gasteiger partial charge in [0.2, 0.25) is 0 Å². The molecule has 0 aliphatic heterocycles. The highest BCUT2D eigenvalue weighted by Gasteiger charge is 2.30. The second-order valence-corrected chi connectivity index (χ2v) is 5.60. The van der Waals surface area contributed by atoms with Gasteiger partial charge in [0, 0.05) is 13.1 Å². The Kier molecular flexibility index (Phi) is 5.23. The maximum Gasteiger partial charge on any atom is 0.401 e. The molecule has 0 saturated heterocycles. The normalized spacial score (nSPS) is 12.4. The molecular formula is C9H11BrF3NOS. The van der Waals surface area contributed by atoms with Crippen molar-refractivity contribution in [2.24, 2.45) is 0 Å². The number of thiophene rings is 1. The number of aliphatic hydroxyl groups is 1. The van der Waals surface area contributed by atoms with Gasteiger partial charge in [0.15, 0.2) is 0 Å². The zero-order chi connectivity index (χ0) is 12.2. The third-order valence-corrected chi connectivity index (χ3v) is 3.40. The third-order valence-electron chi connectivity index (χ3n) is 1.85. The number of halogens is 4. The largest absolute Gasteiger partial charge is 0.401 e. The summed E-state index contributed by atoms with van der Waals surface area (Å²) in [6.07, 6.45) is -4.23. The van der Waals surface area contributed by atoms with Crippen LogP contribution in [0.15, 0.2) is 15.2 Å². The maximum absolute atomic E-state index is 12.2. The molecule has 0 saturated carbocycles. The van der Waals surface area contributed by atoms with Gasteiger partial charge in [0.25, 0.3) is 0 Å². The molecule has 92 valence electrons. The molecule has 0 unspecified atom stereocenters. The van der Waals surface area contributed by atoms with Crippen molar-refractivity contribution in [2.75, 3.05) is 19.7 Å².